The van der Waals surface area contributed by atoms with E-state index >= 15 is 0 Å². The summed E-state index contributed by atoms with van der Waals surface area (Å²) >= 11 is 0. The minimum atomic E-state index is -0.442. The first-order valence-electron chi connectivity index (χ1n) is 4.70. The predicted octanol–water partition coefficient (Wildman–Crippen LogP) is 1.45. The summed E-state index contributed by atoms with van der Waals surface area (Å²) < 4.78 is 0. The molecule has 1 amide bonds. The second-order valence-corrected chi connectivity index (χ2v) is 3.02. The molecule has 4 heteroatoms. The fourth-order valence-corrected chi connectivity index (χ4v) is 0.962. The van der Waals surface area contributed by atoms with Gasteiger partial charge < -0.3 is 11.5 Å². The van der Waals surface area contributed by atoms with Crippen molar-refractivity contribution in [3.8, 4) is 0 Å². The number of nitrogens with zero attached hydrogens (tertiary/aromatic N) is 1. The highest BCUT2D eigenvalue weighted by molar-refractivity contribution is 5.92. The van der Waals surface area contributed by atoms with Crippen molar-refractivity contribution in [3.05, 3.63) is 60.4 Å². The van der Waals surface area contributed by atoms with Crippen molar-refractivity contribution in [1.82, 2.24) is 4.98 Å². The van der Waals surface area contributed by atoms with E-state index in [0.717, 1.165) is 5.69 Å². The molecule has 1 aromatic carbocycles. The van der Waals surface area contributed by atoms with Crippen LogP contribution in [-0.2, 0) is 0 Å². The van der Waals surface area contributed by atoms with Gasteiger partial charge in [-0.05, 0) is 24.3 Å². The number of anilines is 1. The Morgan fingerprint density at radius 1 is 1.06 bits per heavy atom. The molecule has 2 rings (SSSR count). The van der Waals surface area contributed by atoms with E-state index in [4.69, 9.17) is 11.5 Å². The highest BCUT2D eigenvalue weighted by Gasteiger charge is 1.94. The minimum Gasteiger partial charge on any atom is -0.399 e. The second-order valence-electron chi connectivity index (χ2n) is 3.02. The molecule has 82 valence electrons. The van der Waals surface area contributed by atoms with Gasteiger partial charge >= 0.3 is 0 Å². The Bertz CT molecular complexity index is 429. The SMILES string of the molecule is NC(=O)c1cccnc1.Nc1ccccc1. The monoisotopic (exact) mass is 215 g/mol. The van der Waals surface area contributed by atoms with Crippen LogP contribution >= 0.6 is 0 Å². The number of hydrogen-bond acceptors (Lipinski definition) is 3. The Morgan fingerprint density at radius 2 is 1.75 bits per heavy atom. The van der Waals surface area contributed by atoms with Gasteiger partial charge in [-0.1, -0.05) is 18.2 Å². The number of nitrogen functional groups attached to an aromatic ring is 1. The third-order valence-electron chi connectivity index (χ3n) is 1.75. The van der Waals surface area contributed by atoms with Crippen LogP contribution in [0.15, 0.2) is 54.9 Å². The van der Waals surface area contributed by atoms with Gasteiger partial charge in [0.1, 0.15) is 0 Å². The molecule has 0 saturated carbocycles. The smallest absolute Gasteiger partial charge is 0.250 e. The molecule has 0 aliphatic rings. The average molecular weight is 215 g/mol. The van der Waals surface area contributed by atoms with E-state index in [-0.39, 0.29) is 0 Å². The zero-order valence-corrected chi connectivity index (χ0v) is 8.71. The summed E-state index contributed by atoms with van der Waals surface area (Å²) in [6.07, 6.45) is 3.02. The number of carbonyl (C=O) groups is 1. The van der Waals surface area contributed by atoms with Gasteiger partial charge in [-0.3, -0.25) is 9.78 Å². The van der Waals surface area contributed by atoms with Crippen molar-refractivity contribution < 1.29 is 4.79 Å². The molecule has 0 atom stereocenters. The summed E-state index contributed by atoms with van der Waals surface area (Å²) in [4.78, 5) is 14.1. The van der Waals surface area contributed by atoms with Gasteiger partial charge in [0, 0.05) is 18.1 Å². The van der Waals surface area contributed by atoms with E-state index in [1.165, 1.54) is 6.20 Å². The maximum atomic E-state index is 10.4. The third-order valence-corrected chi connectivity index (χ3v) is 1.75. The highest BCUT2D eigenvalue weighted by atomic mass is 16.1. The van der Waals surface area contributed by atoms with Gasteiger partial charge in [-0.25, -0.2) is 0 Å². The molecule has 0 radical (unpaired) electrons. The standard InChI is InChI=1S/C6H6N2O.C6H7N/c7-6(9)5-2-1-3-8-4-5;7-6-4-2-1-3-5-6/h1-4H,(H2,7,9);1-5H,7H2. The van der Waals surface area contributed by atoms with Gasteiger partial charge in [0.2, 0.25) is 5.91 Å². The number of para-hydroxylation sites is 1. The molecule has 1 heterocycles. The van der Waals surface area contributed by atoms with Gasteiger partial charge in [0.05, 0.1) is 5.56 Å². The van der Waals surface area contributed by atoms with Crippen molar-refractivity contribution in [1.29, 1.82) is 0 Å². The van der Waals surface area contributed by atoms with E-state index in [2.05, 4.69) is 4.98 Å². The van der Waals surface area contributed by atoms with Gasteiger partial charge in [-0.2, -0.15) is 0 Å². The molecule has 0 aliphatic heterocycles. The summed E-state index contributed by atoms with van der Waals surface area (Å²) in [6, 6.07) is 12.8. The summed E-state index contributed by atoms with van der Waals surface area (Å²) in [5, 5.41) is 0. The normalized spacial score (nSPS) is 8.75. The number of nitrogens with two attached hydrogens (primary N) is 2. The van der Waals surface area contributed by atoms with Gasteiger partial charge in [0.15, 0.2) is 0 Å². The largest absolute Gasteiger partial charge is 0.399 e. The number of pyridine rings is 1. The maximum Gasteiger partial charge on any atom is 0.250 e. The fourth-order valence-electron chi connectivity index (χ4n) is 0.962. The molecule has 1 aromatic heterocycles. The lowest BCUT2D eigenvalue weighted by molar-refractivity contribution is 0.1000. The predicted molar refractivity (Wildman–Crippen MR) is 63.6 cm³/mol. The Hall–Kier alpha value is -2.36. The number of amides is 1. The quantitative estimate of drug-likeness (QED) is 0.706. The van der Waals surface area contributed by atoms with Gasteiger partial charge in [-0.15, -0.1) is 0 Å². The van der Waals surface area contributed by atoms with E-state index in [9.17, 15) is 4.79 Å². The van der Waals surface area contributed by atoms with Crippen LogP contribution in [0.4, 0.5) is 5.69 Å². The first-order chi connectivity index (χ1) is 7.70. The molecular weight excluding hydrogens is 202 g/mol. The van der Waals surface area contributed by atoms with Gasteiger partial charge in [0.25, 0.3) is 0 Å². The molecule has 0 spiro atoms. The number of aromatic nitrogens is 1. The summed E-state index contributed by atoms with van der Waals surface area (Å²) in [7, 11) is 0. The van der Waals surface area contributed by atoms with Crippen LogP contribution in [0.1, 0.15) is 10.4 Å². The minimum absolute atomic E-state index is 0.442. The van der Waals surface area contributed by atoms with Crippen molar-refractivity contribution in [2.75, 3.05) is 5.73 Å². The molecule has 0 unspecified atom stereocenters. The third kappa shape index (κ3) is 4.23. The Labute approximate surface area is 93.9 Å². The Kier molecular flexibility index (Phi) is 4.53. The molecule has 0 fully saturated rings. The van der Waals surface area contributed by atoms with E-state index in [1.54, 1.807) is 18.3 Å². The van der Waals surface area contributed by atoms with E-state index in [0.29, 0.717) is 5.56 Å². The van der Waals surface area contributed by atoms with Crippen LogP contribution in [-0.4, -0.2) is 10.9 Å². The Balaban J connectivity index is 0.000000165. The van der Waals surface area contributed by atoms with Crippen molar-refractivity contribution in [3.63, 3.8) is 0 Å². The van der Waals surface area contributed by atoms with E-state index in [1.807, 2.05) is 30.3 Å². The van der Waals surface area contributed by atoms with Crippen LogP contribution < -0.4 is 11.5 Å². The molecule has 4 N–H and O–H groups in total. The topological polar surface area (TPSA) is 82.0 Å². The lowest BCUT2D eigenvalue weighted by Crippen LogP contribution is -2.10. The zero-order chi connectivity index (χ0) is 11.8. The summed E-state index contributed by atoms with van der Waals surface area (Å²) in [5.41, 5.74) is 11.6. The molecule has 0 bridgehead atoms. The molecule has 0 aliphatic carbocycles. The van der Waals surface area contributed by atoms with Crippen LogP contribution in [0.5, 0.6) is 0 Å². The Morgan fingerprint density at radius 3 is 2.06 bits per heavy atom. The van der Waals surface area contributed by atoms with Crippen LogP contribution in [0.2, 0.25) is 0 Å². The molecule has 4 nitrogen and oxygen atoms in total. The molecular formula is C12H13N3O. The first kappa shape index (κ1) is 11.7. The van der Waals surface area contributed by atoms with Crippen LogP contribution in [0.25, 0.3) is 0 Å². The fraction of sp³-hybridized carbons (Fsp3) is 0. The zero-order valence-electron chi connectivity index (χ0n) is 8.71. The van der Waals surface area contributed by atoms with Crippen LogP contribution in [0.3, 0.4) is 0 Å². The number of primary amides is 1. The summed E-state index contributed by atoms with van der Waals surface area (Å²) in [6.45, 7) is 0. The maximum absolute atomic E-state index is 10.4. The first-order valence-corrected chi connectivity index (χ1v) is 4.70. The van der Waals surface area contributed by atoms with Crippen LogP contribution in [0, 0.1) is 0 Å². The summed E-state index contributed by atoms with van der Waals surface area (Å²) in [5.74, 6) is -0.442. The lowest BCUT2D eigenvalue weighted by atomic mass is 10.3. The number of rotatable bonds is 1. The van der Waals surface area contributed by atoms with Crippen molar-refractivity contribution >= 4 is 11.6 Å². The molecule has 0 saturated heterocycles. The number of benzene rings is 1. The number of carbonyl (C=O) groups excluding carboxylic acids is 1. The number of hydrogen-bond donors (Lipinski definition) is 2. The molecule has 16 heavy (non-hydrogen) atoms. The van der Waals surface area contributed by atoms with Crippen molar-refractivity contribution in [2.45, 2.75) is 0 Å². The second kappa shape index (κ2) is 6.19. The lowest BCUT2D eigenvalue weighted by Gasteiger charge is -1.88. The molecule has 2 aromatic rings. The average Bonchev–Trinajstić information content (AvgIpc) is 2.32. The van der Waals surface area contributed by atoms with Crippen molar-refractivity contribution in [2.24, 2.45) is 5.73 Å². The highest BCUT2D eigenvalue weighted by Crippen LogP contribution is 1.95. The van der Waals surface area contributed by atoms with E-state index < -0.39 is 5.91 Å².